The fraction of sp³-hybridized carbons (Fsp3) is 0.417. The maximum atomic E-state index is 4.38. The Morgan fingerprint density at radius 1 is 1.38 bits per heavy atom. The van der Waals surface area contributed by atoms with Crippen molar-refractivity contribution in [3.05, 3.63) is 35.7 Å². The van der Waals surface area contributed by atoms with Crippen LogP contribution in [0.4, 0.5) is 0 Å². The summed E-state index contributed by atoms with van der Waals surface area (Å²) < 4.78 is 0. The molecule has 68 valence electrons. The Morgan fingerprint density at radius 3 is 3.00 bits per heavy atom. The quantitative estimate of drug-likeness (QED) is 0.636. The number of hydrogen-bond donors (Lipinski definition) is 0. The normalized spacial score (nSPS) is 18.2. The molecule has 1 aliphatic rings. The first-order valence-electron chi connectivity index (χ1n) is 4.92. The van der Waals surface area contributed by atoms with Gasteiger partial charge in [-0.05, 0) is 36.0 Å². The number of allylic oxidation sites excluding steroid dienone is 2. The summed E-state index contributed by atoms with van der Waals surface area (Å²) in [5.41, 5.74) is 4.13. The van der Waals surface area contributed by atoms with Crippen LogP contribution in [0.25, 0.3) is 5.57 Å². The third-order valence-corrected chi connectivity index (χ3v) is 2.40. The lowest BCUT2D eigenvalue weighted by Crippen LogP contribution is -1.86. The van der Waals surface area contributed by atoms with Gasteiger partial charge in [-0.15, -0.1) is 0 Å². The van der Waals surface area contributed by atoms with Gasteiger partial charge < -0.3 is 0 Å². The van der Waals surface area contributed by atoms with E-state index in [4.69, 9.17) is 0 Å². The standard InChI is InChI=1S/C12H15N/c1-9(2)8-10-5-6-12-11(10)4-3-7-13-12/h3-4,7-9H,5-6H2,1-2H3/b10-8+. The topological polar surface area (TPSA) is 12.9 Å². The van der Waals surface area contributed by atoms with Crippen LogP contribution in [0.5, 0.6) is 0 Å². The maximum absolute atomic E-state index is 4.38. The highest BCUT2D eigenvalue weighted by atomic mass is 14.7. The van der Waals surface area contributed by atoms with Crippen LogP contribution < -0.4 is 0 Å². The molecule has 0 saturated carbocycles. The second-order valence-electron chi connectivity index (χ2n) is 3.93. The number of aromatic nitrogens is 1. The molecule has 0 spiro atoms. The minimum absolute atomic E-state index is 0.640. The van der Waals surface area contributed by atoms with Crippen LogP contribution >= 0.6 is 0 Å². The summed E-state index contributed by atoms with van der Waals surface area (Å²) >= 11 is 0. The second kappa shape index (κ2) is 3.33. The van der Waals surface area contributed by atoms with Gasteiger partial charge in [0.1, 0.15) is 0 Å². The van der Waals surface area contributed by atoms with Crippen LogP contribution in [-0.4, -0.2) is 4.98 Å². The van der Waals surface area contributed by atoms with Crippen molar-refractivity contribution in [3.63, 3.8) is 0 Å². The van der Waals surface area contributed by atoms with E-state index in [0.29, 0.717) is 5.92 Å². The predicted molar refractivity (Wildman–Crippen MR) is 55.4 cm³/mol. The van der Waals surface area contributed by atoms with E-state index in [1.807, 2.05) is 12.3 Å². The summed E-state index contributed by atoms with van der Waals surface area (Å²) in [6.07, 6.45) is 6.53. The molecule has 1 heteroatoms. The highest BCUT2D eigenvalue weighted by molar-refractivity contribution is 5.71. The van der Waals surface area contributed by atoms with E-state index < -0.39 is 0 Å². The summed E-state index contributed by atoms with van der Waals surface area (Å²) in [4.78, 5) is 4.38. The van der Waals surface area contributed by atoms with Gasteiger partial charge in [0.05, 0.1) is 0 Å². The summed E-state index contributed by atoms with van der Waals surface area (Å²) in [5, 5.41) is 0. The van der Waals surface area contributed by atoms with Gasteiger partial charge in [0.25, 0.3) is 0 Å². The Balaban J connectivity index is 2.38. The van der Waals surface area contributed by atoms with Gasteiger partial charge >= 0.3 is 0 Å². The van der Waals surface area contributed by atoms with Gasteiger partial charge in [-0.3, -0.25) is 4.98 Å². The first kappa shape index (κ1) is 8.49. The summed E-state index contributed by atoms with van der Waals surface area (Å²) in [6.45, 7) is 4.45. The first-order chi connectivity index (χ1) is 6.27. The van der Waals surface area contributed by atoms with E-state index in [1.165, 1.54) is 23.3 Å². The number of pyridine rings is 1. The number of aryl methyl sites for hydroxylation is 1. The molecule has 0 bridgehead atoms. The van der Waals surface area contributed by atoms with Crippen LogP contribution in [0.15, 0.2) is 24.4 Å². The minimum Gasteiger partial charge on any atom is -0.261 e. The number of nitrogens with zero attached hydrogens (tertiary/aromatic N) is 1. The summed E-state index contributed by atoms with van der Waals surface area (Å²) in [7, 11) is 0. The monoisotopic (exact) mass is 173 g/mol. The average molecular weight is 173 g/mol. The van der Waals surface area contributed by atoms with Gasteiger partial charge in [0.15, 0.2) is 0 Å². The lowest BCUT2D eigenvalue weighted by Gasteiger charge is -2.01. The van der Waals surface area contributed by atoms with E-state index in [1.54, 1.807) is 0 Å². The lowest BCUT2D eigenvalue weighted by atomic mass is 10.1. The van der Waals surface area contributed by atoms with Crippen LogP contribution in [0.2, 0.25) is 0 Å². The van der Waals surface area contributed by atoms with Crippen LogP contribution in [0.1, 0.15) is 31.5 Å². The number of fused-ring (bicyclic) bond motifs is 1. The van der Waals surface area contributed by atoms with Crippen LogP contribution in [0, 0.1) is 5.92 Å². The van der Waals surface area contributed by atoms with Gasteiger partial charge in [-0.25, -0.2) is 0 Å². The fourth-order valence-electron chi connectivity index (χ4n) is 1.89. The molecule has 0 radical (unpaired) electrons. The van der Waals surface area contributed by atoms with E-state index in [9.17, 15) is 0 Å². The molecule has 0 fully saturated rings. The molecule has 0 amide bonds. The third kappa shape index (κ3) is 1.64. The second-order valence-corrected chi connectivity index (χ2v) is 3.93. The van der Waals surface area contributed by atoms with Crippen molar-refractivity contribution in [1.29, 1.82) is 0 Å². The van der Waals surface area contributed by atoms with E-state index in [-0.39, 0.29) is 0 Å². The highest BCUT2D eigenvalue weighted by Gasteiger charge is 2.16. The molecule has 0 unspecified atom stereocenters. The molecule has 1 aromatic heterocycles. The molecule has 1 heterocycles. The summed E-state index contributed by atoms with van der Waals surface area (Å²) in [6, 6.07) is 4.21. The molecule has 1 aliphatic carbocycles. The van der Waals surface area contributed by atoms with Gasteiger partial charge in [0.2, 0.25) is 0 Å². The molecule has 0 aliphatic heterocycles. The average Bonchev–Trinajstić information content (AvgIpc) is 2.48. The van der Waals surface area contributed by atoms with Crippen molar-refractivity contribution >= 4 is 5.57 Å². The summed E-state index contributed by atoms with van der Waals surface area (Å²) in [5.74, 6) is 0.640. The Morgan fingerprint density at radius 2 is 2.23 bits per heavy atom. The Hall–Kier alpha value is -1.11. The molecule has 0 aromatic carbocycles. The van der Waals surface area contributed by atoms with Crippen LogP contribution in [0.3, 0.4) is 0 Å². The molecular formula is C12H15N. The molecule has 13 heavy (non-hydrogen) atoms. The number of rotatable bonds is 1. The van der Waals surface area contributed by atoms with Crippen molar-refractivity contribution in [2.45, 2.75) is 26.7 Å². The predicted octanol–water partition coefficient (Wildman–Crippen LogP) is 3.07. The van der Waals surface area contributed by atoms with Gasteiger partial charge in [-0.1, -0.05) is 26.0 Å². The molecule has 1 aromatic rings. The van der Waals surface area contributed by atoms with Crippen molar-refractivity contribution in [3.8, 4) is 0 Å². The lowest BCUT2D eigenvalue weighted by molar-refractivity contribution is 0.830. The van der Waals surface area contributed by atoms with Crippen LogP contribution in [-0.2, 0) is 6.42 Å². The van der Waals surface area contributed by atoms with Crippen molar-refractivity contribution < 1.29 is 0 Å². The minimum atomic E-state index is 0.640. The first-order valence-corrected chi connectivity index (χ1v) is 4.92. The SMILES string of the molecule is CC(C)/C=C1\CCc2ncccc21. The van der Waals surface area contributed by atoms with Gasteiger partial charge in [0, 0.05) is 11.9 Å². The molecule has 0 saturated heterocycles. The van der Waals surface area contributed by atoms with E-state index in [2.05, 4.69) is 31.0 Å². The zero-order valence-corrected chi connectivity index (χ0v) is 8.25. The van der Waals surface area contributed by atoms with Crippen molar-refractivity contribution in [1.82, 2.24) is 4.98 Å². The van der Waals surface area contributed by atoms with Crippen molar-refractivity contribution in [2.24, 2.45) is 5.92 Å². The zero-order valence-electron chi connectivity index (χ0n) is 8.25. The smallest absolute Gasteiger partial charge is 0.0481 e. The Kier molecular flexibility index (Phi) is 2.17. The van der Waals surface area contributed by atoms with Gasteiger partial charge in [-0.2, -0.15) is 0 Å². The molecule has 0 atom stereocenters. The Bertz CT molecular complexity index is 337. The molecular weight excluding hydrogens is 158 g/mol. The largest absolute Gasteiger partial charge is 0.261 e. The van der Waals surface area contributed by atoms with Crippen molar-refractivity contribution in [2.75, 3.05) is 0 Å². The molecule has 1 nitrogen and oxygen atoms in total. The van der Waals surface area contributed by atoms with E-state index >= 15 is 0 Å². The zero-order chi connectivity index (χ0) is 9.26. The fourth-order valence-corrected chi connectivity index (χ4v) is 1.89. The Labute approximate surface area is 79.5 Å². The number of hydrogen-bond acceptors (Lipinski definition) is 1. The maximum Gasteiger partial charge on any atom is 0.0481 e. The molecule has 0 N–H and O–H groups in total. The molecule has 2 rings (SSSR count). The highest BCUT2D eigenvalue weighted by Crippen LogP contribution is 2.31. The third-order valence-electron chi connectivity index (χ3n) is 2.40. The van der Waals surface area contributed by atoms with E-state index in [0.717, 1.165) is 6.42 Å².